The predicted octanol–water partition coefficient (Wildman–Crippen LogP) is 0.156. The number of aliphatic carboxylic acids is 1. The van der Waals surface area contributed by atoms with Gasteiger partial charge in [-0.15, -0.1) is 0 Å². The molecule has 1 atom stereocenters. The summed E-state index contributed by atoms with van der Waals surface area (Å²) in [7, 11) is 0. The van der Waals surface area contributed by atoms with E-state index in [0.29, 0.717) is 32.5 Å². The van der Waals surface area contributed by atoms with E-state index in [1.165, 1.54) is 0 Å². The number of aliphatic hydroxyl groups is 1. The van der Waals surface area contributed by atoms with Gasteiger partial charge in [-0.25, -0.2) is 0 Å². The number of hydrogen-bond donors (Lipinski definition) is 2. The Hall–Kier alpha value is -1.14. The van der Waals surface area contributed by atoms with Gasteiger partial charge in [0.25, 0.3) is 0 Å². The van der Waals surface area contributed by atoms with Crippen molar-refractivity contribution in [2.45, 2.75) is 38.1 Å². The number of rotatable bonds is 4. The van der Waals surface area contributed by atoms with Crippen LogP contribution in [0, 0.1) is 5.92 Å². The fraction of sp³-hybridized carbons (Fsp3) is 0.857. The van der Waals surface area contributed by atoms with Crippen LogP contribution in [0.1, 0.15) is 32.1 Å². The Balaban J connectivity index is 1.81. The molecule has 0 aromatic rings. The van der Waals surface area contributed by atoms with Crippen molar-refractivity contribution >= 4 is 11.9 Å². The van der Waals surface area contributed by atoms with Crippen LogP contribution < -0.4 is 0 Å². The first-order chi connectivity index (χ1) is 9.61. The van der Waals surface area contributed by atoms with Crippen molar-refractivity contribution in [2.24, 2.45) is 5.92 Å². The third-order valence-corrected chi connectivity index (χ3v) is 4.50. The molecule has 0 aromatic carbocycles. The summed E-state index contributed by atoms with van der Waals surface area (Å²) in [4.78, 5) is 27.0. The van der Waals surface area contributed by atoms with Gasteiger partial charge in [0.05, 0.1) is 19.1 Å². The summed E-state index contributed by atoms with van der Waals surface area (Å²) in [6, 6.07) is 0.101. The number of amides is 1. The Morgan fingerprint density at radius 2 is 1.75 bits per heavy atom. The van der Waals surface area contributed by atoms with Gasteiger partial charge in [-0.05, 0) is 32.2 Å². The molecule has 0 bridgehead atoms. The summed E-state index contributed by atoms with van der Waals surface area (Å²) in [6.07, 6.45) is 4.23. The van der Waals surface area contributed by atoms with Crippen LogP contribution in [0.4, 0.5) is 0 Å². The normalized spacial score (nSPS) is 25.6. The summed E-state index contributed by atoms with van der Waals surface area (Å²) in [6.45, 7) is 2.39. The SMILES string of the molecule is O=C(O)C1CCN(C(=O)CN2CCCCC2CO)CC1. The molecular weight excluding hydrogens is 260 g/mol. The Labute approximate surface area is 119 Å². The van der Waals surface area contributed by atoms with E-state index < -0.39 is 5.97 Å². The van der Waals surface area contributed by atoms with Crippen molar-refractivity contribution in [1.29, 1.82) is 0 Å². The Bertz CT molecular complexity index is 353. The highest BCUT2D eigenvalue weighted by Gasteiger charge is 2.29. The lowest BCUT2D eigenvalue weighted by Gasteiger charge is -2.37. The van der Waals surface area contributed by atoms with E-state index in [-0.39, 0.29) is 24.5 Å². The van der Waals surface area contributed by atoms with E-state index in [1.54, 1.807) is 4.90 Å². The first-order valence-electron chi connectivity index (χ1n) is 7.47. The lowest BCUT2D eigenvalue weighted by Crippen LogP contribution is -2.49. The molecule has 20 heavy (non-hydrogen) atoms. The third kappa shape index (κ3) is 3.70. The second-order valence-electron chi connectivity index (χ2n) is 5.80. The maximum atomic E-state index is 12.3. The minimum absolute atomic E-state index is 0.0641. The van der Waals surface area contributed by atoms with Crippen molar-refractivity contribution in [3.05, 3.63) is 0 Å². The number of carboxylic acids is 1. The molecule has 2 heterocycles. The zero-order valence-electron chi connectivity index (χ0n) is 11.8. The number of carboxylic acid groups (broad SMARTS) is 1. The highest BCUT2D eigenvalue weighted by molar-refractivity contribution is 5.79. The number of nitrogens with zero attached hydrogens (tertiary/aromatic N) is 2. The number of carbonyl (C=O) groups is 2. The van der Waals surface area contributed by atoms with Crippen LogP contribution in [0.25, 0.3) is 0 Å². The number of hydrogen-bond acceptors (Lipinski definition) is 4. The summed E-state index contributed by atoms with van der Waals surface area (Å²) < 4.78 is 0. The standard InChI is InChI=1S/C14H24N2O4/c17-10-12-3-1-2-6-16(12)9-13(18)15-7-4-11(5-8-15)14(19)20/h11-12,17H,1-10H2,(H,19,20). The molecule has 0 aliphatic carbocycles. The maximum Gasteiger partial charge on any atom is 0.306 e. The molecular formula is C14H24N2O4. The van der Waals surface area contributed by atoms with Gasteiger partial charge in [-0.3, -0.25) is 14.5 Å². The first-order valence-corrected chi connectivity index (χ1v) is 7.47. The topological polar surface area (TPSA) is 81.1 Å². The van der Waals surface area contributed by atoms with Crippen molar-refractivity contribution in [2.75, 3.05) is 32.8 Å². The third-order valence-electron chi connectivity index (χ3n) is 4.50. The van der Waals surface area contributed by atoms with Crippen LogP contribution >= 0.6 is 0 Å². The van der Waals surface area contributed by atoms with Crippen LogP contribution in [0.2, 0.25) is 0 Å². The van der Waals surface area contributed by atoms with Crippen molar-refractivity contribution in [1.82, 2.24) is 9.80 Å². The number of piperidine rings is 2. The van der Waals surface area contributed by atoms with E-state index in [4.69, 9.17) is 5.11 Å². The lowest BCUT2D eigenvalue weighted by atomic mass is 9.97. The molecule has 2 saturated heterocycles. The molecule has 2 rings (SSSR count). The van der Waals surface area contributed by atoms with Crippen molar-refractivity contribution < 1.29 is 19.8 Å². The molecule has 6 nitrogen and oxygen atoms in total. The summed E-state index contributed by atoms with van der Waals surface area (Å²) in [5.41, 5.74) is 0. The van der Waals surface area contributed by atoms with Gasteiger partial charge in [-0.2, -0.15) is 0 Å². The molecule has 6 heteroatoms. The molecule has 2 aliphatic heterocycles. The van der Waals surface area contributed by atoms with Gasteiger partial charge in [-0.1, -0.05) is 6.42 Å². The van der Waals surface area contributed by atoms with E-state index in [9.17, 15) is 14.7 Å². The first kappa shape index (κ1) is 15.3. The molecule has 0 radical (unpaired) electrons. The monoisotopic (exact) mass is 284 g/mol. The van der Waals surface area contributed by atoms with E-state index in [2.05, 4.69) is 4.90 Å². The smallest absolute Gasteiger partial charge is 0.306 e. The van der Waals surface area contributed by atoms with E-state index in [0.717, 1.165) is 25.8 Å². The van der Waals surface area contributed by atoms with Gasteiger partial charge in [0.15, 0.2) is 0 Å². The number of likely N-dealkylation sites (tertiary alicyclic amines) is 2. The van der Waals surface area contributed by atoms with Gasteiger partial charge >= 0.3 is 5.97 Å². The fourth-order valence-corrected chi connectivity index (χ4v) is 3.12. The zero-order chi connectivity index (χ0) is 14.5. The highest BCUT2D eigenvalue weighted by atomic mass is 16.4. The maximum absolute atomic E-state index is 12.3. The minimum Gasteiger partial charge on any atom is -0.481 e. The highest BCUT2D eigenvalue weighted by Crippen LogP contribution is 2.19. The van der Waals surface area contributed by atoms with E-state index >= 15 is 0 Å². The van der Waals surface area contributed by atoms with Crippen LogP contribution in [0.5, 0.6) is 0 Å². The van der Waals surface area contributed by atoms with E-state index in [1.807, 2.05) is 0 Å². The van der Waals surface area contributed by atoms with Crippen molar-refractivity contribution in [3.8, 4) is 0 Å². The number of carbonyl (C=O) groups excluding carboxylic acids is 1. The van der Waals surface area contributed by atoms with Crippen molar-refractivity contribution in [3.63, 3.8) is 0 Å². The van der Waals surface area contributed by atoms with Gasteiger partial charge in [0.1, 0.15) is 0 Å². The largest absolute Gasteiger partial charge is 0.481 e. The molecule has 0 aromatic heterocycles. The summed E-state index contributed by atoms with van der Waals surface area (Å²) >= 11 is 0. The molecule has 114 valence electrons. The van der Waals surface area contributed by atoms with Crippen LogP contribution in [-0.2, 0) is 9.59 Å². The second kappa shape index (κ2) is 7.04. The van der Waals surface area contributed by atoms with Gasteiger partial charge in [0, 0.05) is 19.1 Å². The Kier molecular flexibility index (Phi) is 5.37. The molecule has 1 amide bonds. The molecule has 0 spiro atoms. The average molecular weight is 284 g/mol. The lowest BCUT2D eigenvalue weighted by molar-refractivity contribution is -0.146. The van der Waals surface area contributed by atoms with Crippen LogP contribution in [-0.4, -0.2) is 70.7 Å². The molecule has 2 aliphatic rings. The summed E-state index contributed by atoms with van der Waals surface area (Å²) in [5.74, 6) is -0.998. The quantitative estimate of drug-likeness (QED) is 0.768. The molecule has 0 saturated carbocycles. The predicted molar refractivity (Wildman–Crippen MR) is 73.2 cm³/mol. The molecule has 1 unspecified atom stereocenters. The Morgan fingerprint density at radius 3 is 2.35 bits per heavy atom. The number of aliphatic hydroxyl groups excluding tert-OH is 1. The molecule has 2 N–H and O–H groups in total. The Morgan fingerprint density at radius 1 is 1.05 bits per heavy atom. The zero-order valence-corrected chi connectivity index (χ0v) is 11.8. The van der Waals surface area contributed by atoms with Gasteiger partial charge in [0.2, 0.25) is 5.91 Å². The minimum atomic E-state index is -0.756. The fourth-order valence-electron chi connectivity index (χ4n) is 3.12. The summed E-state index contributed by atoms with van der Waals surface area (Å²) in [5, 5.41) is 18.3. The second-order valence-corrected chi connectivity index (χ2v) is 5.80. The van der Waals surface area contributed by atoms with Crippen LogP contribution in [0.3, 0.4) is 0 Å². The van der Waals surface area contributed by atoms with Crippen LogP contribution in [0.15, 0.2) is 0 Å². The van der Waals surface area contributed by atoms with Gasteiger partial charge < -0.3 is 15.1 Å². The average Bonchev–Trinajstić information content (AvgIpc) is 2.48. The molecule has 2 fully saturated rings.